The summed E-state index contributed by atoms with van der Waals surface area (Å²) in [5.41, 5.74) is 0.819. The molecule has 1 aliphatic rings. The summed E-state index contributed by atoms with van der Waals surface area (Å²) in [4.78, 5) is 23.2. The second-order valence-electron chi connectivity index (χ2n) is 5.07. The minimum atomic E-state index is -0.921. The van der Waals surface area contributed by atoms with Crippen molar-refractivity contribution in [3.63, 3.8) is 0 Å². The van der Waals surface area contributed by atoms with Crippen LogP contribution in [-0.2, 0) is 9.59 Å². The van der Waals surface area contributed by atoms with Crippen molar-refractivity contribution >= 4 is 11.9 Å². The standard InChI is InChI=1S/C15H20N2O3/c18-14(19)10-13(11-6-2-1-3-7-11)17-15(20)12-8-4-5-9-16-12/h1-3,6-7,12-13,16H,4-5,8-10H2,(H,17,20)(H,18,19)/t12-,13?/m0/s1. The third-order valence-corrected chi connectivity index (χ3v) is 3.52. The van der Waals surface area contributed by atoms with E-state index in [0.29, 0.717) is 0 Å². The van der Waals surface area contributed by atoms with Crippen LogP contribution in [0.25, 0.3) is 0 Å². The van der Waals surface area contributed by atoms with E-state index in [2.05, 4.69) is 10.6 Å². The van der Waals surface area contributed by atoms with Gasteiger partial charge in [0.2, 0.25) is 5.91 Å². The molecule has 108 valence electrons. The van der Waals surface area contributed by atoms with Crippen LogP contribution >= 0.6 is 0 Å². The summed E-state index contributed by atoms with van der Waals surface area (Å²) < 4.78 is 0. The van der Waals surface area contributed by atoms with Gasteiger partial charge < -0.3 is 15.7 Å². The molecule has 0 aliphatic carbocycles. The van der Waals surface area contributed by atoms with Gasteiger partial charge in [-0.05, 0) is 24.9 Å². The van der Waals surface area contributed by atoms with Crippen molar-refractivity contribution in [2.75, 3.05) is 6.54 Å². The van der Waals surface area contributed by atoms with Gasteiger partial charge in [0.1, 0.15) is 0 Å². The number of carboxylic acids is 1. The number of carbonyl (C=O) groups excluding carboxylic acids is 1. The van der Waals surface area contributed by atoms with Gasteiger partial charge in [-0.2, -0.15) is 0 Å². The topological polar surface area (TPSA) is 78.4 Å². The molecule has 3 N–H and O–H groups in total. The lowest BCUT2D eigenvalue weighted by atomic mass is 10.0. The van der Waals surface area contributed by atoms with E-state index in [4.69, 9.17) is 5.11 Å². The molecule has 0 bridgehead atoms. The highest BCUT2D eigenvalue weighted by Gasteiger charge is 2.24. The van der Waals surface area contributed by atoms with Gasteiger partial charge in [-0.15, -0.1) is 0 Å². The molecule has 20 heavy (non-hydrogen) atoms. The van der Waals surface area contributed by atoms with Crippen molar-refractivity contribution in [1.82, 2.24) is 10.6 Å². The Balaban J connectivity index is 2.03. The number of hydrogen-bond donors (Lipinski definition) is 3. The first-order valence-electron chi connectivity index (χ1n) is 6.97. The van der Waals surface area contributed by atoms with Crippen molar-refractivity contribution < 1.29 is 14.7 Å². The Kier molecular flexibility index (Phi) is 5.12. The third-order valence-electron chi connectivity index (χ3n) is 3.52. The fourth-order valence-electron chi connectivity index (χ4n) is 2.46. The van der Waals surface area contributed by atoms with Crippen molar-refractivity contribution in [2.24, 2.45) is 0 Å². The highest BCUT2D eigenvalue weighted by atomic mass is 16.4. The third kappa shape index (κ3) is 4.06. The number of hydrogen-bond acceptors (Lipinski definition) is 3. The second kappa shape index (κ2) is 7.05. The Labute approximate surface area is 118 Å². The molecule has 2 atom stereocenters. The summed E-state index contributed by atoms with van der Waals surface area (Å²) >= 11 is 0. The Morgan fingerprint density at radius 2 is 2.05 bits per heavy atom. The van der Waals surface area contributed by atoms with Crippen molar-refractivity contribution in [1.29, 1.82) is 0 Å². The molecule has 0 radical (unpaired) electrons. The predicted octanol–water partition coefficient (Wildman–Crippen LogP) is 1.46. The molecule has 0 saturated carbocycles. The minimum Gasteiger partial charge on any atom is -0.481 e. The molecule has 1 aliphatic heterocycles. The first kappa shape index (κ1) is 14.5. The summed E-state index contributed by atoms with van der Waals surface area (Å²) in [5, 5.41) is 15.0. The Hall–Kier alpha value is -1.88. The molecule has 5 heteroatoms. The number of benzene rings is 1. The van der Waals surface area contributed by atoms with Gasteiger partial charge in [0.15, 0.2) is 0 Å². The Morgan fingerprint density at radius 1 is 1.30 bits per heavy atom. The highest BCUT2D eigenvalue weighted by molar-refractivity contribution is 5.83. The van der Waals surface area contributed by atoms with Crippen LogP contribution in [-0.4, -0.2) is 29.6 Å². The van der Waals surface area contributed by atoms with E-state index in [0.717, 1.165) is 31.4 Å². The zero-order chi connectivity index (χ0) is 14.4. The number of carboxylic acid groups (broad SMARTS) is 1. The maximum absolute atomic E-state index is 12.2. The van der Waals surface area contributed by atoms with Gasteiger partial charge in [-0.3, -0.25) is 9.59 Å². The zero-order valence-corrected chi connectivity index (χ0v) is 11.3. The van der Waals surface area contributed by atoms with Crippen LogP contribution in [0.15, 0.2) is 30.3 Å². The van der Waals surface area contributed by atoms with E-state index < -0.39 is 12.0 Å². The molecular weight excluding hydrogens is 256 g/mol. The van der Waals surface area contributed by atoms with Gasteiger partial charge in [0, 0.05) is 0 Å². The van der Waals surface area contributed by atoms with E-state index in [1.807, 2.05) is 30.3 Å². The fraction of sp³-hybridized carbons (Fsp3) is 0.467. The smallest absolute Gasteiger partial charge is 0.305 e. The number of aliphatic carboxylic acids is 1. The quantitative estimate of drug-likeness (QED) is 0.761. The van der Waals surface area contributed by atoms with Gasteiger partial charge in [0.25, 0.3) is 0 Å². The minimum absolute atomic E-state index is 0.109. The van der Waals surface area contributed by atoms with E-state index in [-0.39, 0.29) is 18.4 Å². The molecule has 1 aromatic carbocycles. The molecule has 1 heterocycles. The van der Waals surface area contributed by atoms with Crippen LogP contribution in [0.2, 0.25) is 0 Å². The van der Waals surface area contributed by atoms with E-state index in [1.165, 1.54) is 0 Å². The van der Waals surface area contributed by atoms with Crippen molar-refractivity contribution in [2.45, 2.75) is 37.8 Å². The summed E-state index contributed by atoms with van der Waals surface area (Å²) in [6.45, 7) is 0.840. The number of piperidine rings is 1. The van der Waals surface area contributed by atoms with Crippen molar-refractivity contribution in [3.05, 3.63) is 35.9 Å². The molecule has 1 aromatic rings. The Morgan fingerprint density at radius 3 is 2.65 bits per heavy atom. The van der Waals surface area contributed by atoms with E-state index >= 15 is 0 Å². The number of carbonyl (C=O) groups is 2. The van der Waals surface area contributed by atoms with Gasteiger partial charge in [-0.25, -0.2) is 0 Å². The molecule has 1 saturated heterocycles. The molecule has 1 unspecified atom stereocenters. The average Bonchev–Trinajstić information content (AvgIpc) is 2.48. The van der Waals surface area contributed by atoms with Crippen LogP contribution in [0.4, 0.5) is 0 Å². The zero-order valence-electron chi connectivity index (χ0n) is 11.3. The SMILES string of the molecule is O=C(O)CC(NC(=O)[C@@H]1CCCCN1)c1ccccc1. The molecule has 1 fully saturated rings. The lowest BCUT2D eigenvalue weighted by Gasteiger charge is -2.25. The maximum atomic E-state index is 12.2. The van der Waals surface area contributed by atoms with Crippen molar-refractivity contribution in [3.8, 4) is 0 Å². The molecule has 1 amide bonds. The van der Waals surface area contributed by atoms with E-state index in [9.17, 15) is 9.59 Å². The molecular formula is C15H20N2O3. The fourth-order valence-corrected chi connectivity index (χ4v) is 2.46. The van der Waals surface area contributed by atoms with Crippen LogP contribution in [0.3, 0.4) is 0 Å². The molecule has 5 nitrogen and oxygen atoms in total. The average molecular weight is 276 g/mol. The summed E-state index contributed by atoms with van der Waals surface area (Å²) in [5.74, 6) is -1.03. The lowest BCUT2D eigenvalue weighted by molar-refractivity contribution is -0.137. The highest BCUT2D eigenvalue weighted by Crippen LogP contribution is 2.17. The van der Waals surface area contributed by atoms with Gasteiger partial charge in [0.05, 0.1) is 18.5 Å². The molecule has 2 rings (SSSR count). The summed E-state index contributed by atoms with van der Waals surface area (Å²) in [7, 11) is 0. The maximum Gasteiger partial charge on any atom is 0.305 e. The first-order chi connectivity index (χ1) is 9.66. The van der Waals surface area contributed by atoms with Crippen LogP contribution < -0.4 is 10.6 Å². The molecule has 0 spiro atoms. The van der Waals surface area contributed by atoms with Crippen LogP contribution in [0, 0.1) is 0 Å². The monoisotopic (exact) mass is 276 g/mol. The van der Waals surface area contributed by atoms with E-state index in [1.54, 1.807) is 0 Å². The Bertz CT molecular complexity index is 455. The molecule has 0 aromatic heterocycles. The second-order valence-corrected chi connectivity index (χ2v) is 5.07. The number of amides is 1. The van der Waals surface area contributed by atoms with Gasteiger partial charge >= 0.3 is 5.97 Å². The van der Waals surface area contributed by atoms with Gasteiger partial charge in [-0.1, -0.05) is 36.8 Å². The van der Waals surface area contributed by atoms with Crippen LogP contribution in [0.5, 0.6) is 0 Å². The normalized spacial score (nSPS) is 20.1. The summed E-state index contributed by atoms with van der Waals surface area (Å²) in [6.07, 6.45) is 2.81. The first-order valence-corrected chi connectivity index (χ1v) is 6.97. The largest absolute Gasteiger partial charge is 0.481 e. The predicted molar refractivity (Wildman–Crippen MR) is 75.2 cm³/mol. The number of nitrogens with one attached hydrogen (secondary N) is 2. The summed E-state index contributed by atoms with van der Waals surface area (Å²) in [6, 6.07) is 8.54. The van der Waals surface area contributed by atoms with Crippen LogP contribution in [0.1, 0.15) is 37.3 Å². The number of rotatable bonds is 5. The lowest BCUT2D eigenvalue weighted by Crippen LogP contribution is -2.47.